The summed E-state index contributed by atoms with van der Waals surface area (Å²) in [7, 11) is 0. The van der Waals surface area contributed by atoms with Crippen LogP contribution in [-0.2, 0) is 16.1 Å². The van der Waals surface area contributed by atoms with E-state index in [4.69, 9.17) is 4.74 Å². The molecular weight excluding hydrogens is 360 g/mol. The van der Waals surface area contributed by atoms with E-state index in [0.717, 1.165) is 5.69 Å². The second-order valence-electron chi connectivity index (χ2n) is 6.68. The van der Waals surface area contributed by atoms with Crippen LogP contribution in [0.25, 0.3) is 0 Å². The summed E-state index contributed by atoms with van der Waals surface area (Å²) in [5.41, 5.74) is 1.29. The Kier molecular flexibility index (Phi) is 7.05. The van der Waals surface area contributed by atoms with Gasteiger partial charge in [0.1, 0.15) is 12.4 Å². The van der Waals surface area contributed by atoms with Crippen molar-refractivity contribution in [2.45, 2.75) is 44.1 Å². The number of carbonyl (C=O) groups is 2. The predicted molar refractivity (Wildman–Crippen MR) is 101 cm³/mol. The van der Waals surface area contributed by atoms with Crippen LogP contribution in [0, 0.1) is 0 Å². The van der Waals surface area contributed by atoms with E-state index in [1.165, 1.54) is 6.33 Å². The molecule has 2 aromatic rings. The molecule has 0 radical (unpaired) electrons. The molecule has 1 aliphatic heterocycles. The molecule has 1 saturated heterocycles. The summed E-state index contributed by atoms with van der Waals surface area (Å²) in [6, 6.07) is 10.3. The lowest BCUT2D eigenvalue weighted by Gasteiger charge is -2.36. The molecule has 1 fully saturated rings. The largest absolute Gasteiger partial charge is 0.394 e. The summed E-state index contributed by atoms with van der Waals surface area (Å²) in [6.45, 7) is 0.103. The molecule has 1 aliphatic rings. The average Bonchev–Trinajstić information content (AvgIpc) is 2.74. The van der Waals surface area contributed by atoms with Gasteiger partial charge in [-0.25, -0.2) is 9.97 Å². The Morgan fingerprint density at radius 2 is 2.00 bits per heavy atom. The van der Waals surface area contributed by atoms with E-state index in [1.54, 1.807) is 36.5 Å². The molecular formula is C20H24N4O4. The molecule has 8 heteroatoms. The zero-order valence-corrected chi connectivity index (χ0v) is 15.5. The summed E-state index contributed by atoms with van der Waals surface area (Å²) in [5, 5.41) is 15.4. The molecule has 3 atom stereocenters. The number of aliphatic hydroxyl groups excluding tert-OH is 1. The molecule has 1 aromatic heterocycles. The van der Waals surface area contributed by atoms with Crippen molar-refractivity contribution in [3.63, 3.8) is 0 Å². The number of hydrogen-bond acceptors (Lipinski definition) is 6. The maximum Gasteiger partial charge on any atom is 0.251 e. The van der Waals surface area contributed by atoms with Gasteiger partial charge in [-0.2, -0.15) is 0 Å². The Morgan fingerprint density at radius 1 is 1.18 bits per heavy atom. The van der Waals surface area contributed by atoms with Gasteiger partial charge in [0.05, 0.1) is 37.4 Å². The molecule has 8 nitrogen and oxygen atoms in total. The van der Waals surface area contributed by atoms with Gasteiger partial charge in [-0.15, -0.1) is 0 Å². The first-order valence-electron chi connectivity index (χ1n) is 9.29. The Morgan fingerprint density at radius 3 is 2.71 bits per heavy atom. The third-order valence-corrected chi connectivity index (χ3v) is 4.67. The molecule has 0 spiro atoms. The van der Waals surface area contributed by atoms with Crippen LogP contribution in [0.15, 0.2) is 48.9 Å². The standard InChI is InChI=1S/C20H24N4O4/c25-12-18-17(24-20(27)14-4-2-1-3-5-14)7-6-16(28-18)10-19(26)22-11-15-8-9-21-13-23-15/h1-5,8-9,13,16-18,25H,6-7,10-12H2,(H,22,26)(H,24,27)/t16-,17+,18-/m0/s1. The van der Waals surface area contributed by atoms with E-state index in [9.17, 15) is 14.7 Å². The van der Waals surface area contributed by atoms with Crippen LogP contribution in [0.4, 0.5) is 0 Å². The zero-order chi connectivity index (χ0) is 19.8. The summed E-state index contributed by atoms with van der Waals surface area (Å²) >= 11 is 0. The fourth-order valence-electron chi connectivity index (χ4n) is 3.18. The summed E-state index contributed by atoms with van der Waals surface area (Å²) in [6.07, 6.45) is 3.66. The number of hydrogen-bond donors (Lipinski definition) is 3. The number of aromatic nitrogens is 2. The van der Waals surface area contributed by atoms with Gasteiger partial charge >= 0.3 is 0 Å². The minimum Gasteiger partial charge on any atom is -0.394 e. The maximum absolute atomic E-state index is 12.3. The van der Waals surface area contributed by atoms with Crippen molar-refractivity contribution >= 4 is 11.8 Å². The Hall–Kier alpha value is -2.84. The fourth-order valence-corrected chi connectivity index (χ4v) is 3.18. The van der Waals surface area contributed by atoms with Crippen molar-refractivity contribution in [1.82, 2.24) is 20.6 Å². The third-order valence-electron chi connectivity index (χ3n) is 4.67. The highest BCUT2D eigenvalue weighted by molar-refractivity contribution is 5.94. The van der Waals surface area contributed by atoms with Crippen molar-refractivity contribution in [2.24, 2.45) is 0 Å². The van der Waals surface area contributed by atoms with E-state index in [1.807, 2.05) is 6.07 Å². The Labute approximate surface area is 163 Å². The van der Waals surface area contributed by atoms with Gasteiger partial charge in [-0.1, -0.05) is 18.2 Å². The first-order chi connectivity index (χ1) is 13.7. The van der Waals surface area contributed by atoms with E-state index in [2.05, 4.69) is 20.6 Å². The first-order valence-corrected chi connectivity index (χ1v) is 9.29. The fraction of sp³-hybridized carbons (Fsp3) is 0.400. The topological polar surface area (TPSA) is 113 Å². The van der Waals surface area contributed by atoms with Gasteiger partial charge in [-0.05, 0) is 31.0 Å². The molecule has 28 heavy (non-hydrogen) atoms. The van der Waals surface area contributed by atoms with Crippen LogP contribution in [0.1, 0.15) is 35.3 Å². The lowest BCUT2D eigenvalue weighted by Crippen LogP contribution is -2.51. The Balaban J connectivity index is 1.47. The van der Waals surface area contributed by atoms with E-state index < -0.39 is 6.10 Å². The van der Waals surface area contributed by atoms with Gasteiger partial charge in [0, 0.05) is 11.8 Å². The molecule has 0 unspecified atom stereocenters. The zero-order valence-electron chi connectivity index (χ0n) is 15.5. The van der Waals surface area contributed by atoms with Crippen LogP contribution in [-0.4, -0.2) is 51.7 Å². The lowest BCUT2D eigenvalue weighted by molar-refractivity contribution is -0.131. The average molecular weight is 384 g/mol. The molecule has 2 heterocycles. The molecule has 0 saturated carbocycles. The minimum atomic E-state index is -0.541. The number of ether oxygens (including phenoxy) is 1. The van der Waals surface area contributed by atoms with Crippen LogP contribution in [0.2, 0.25) is 0 Å². The number of nitrogens with one attached hydrogen (secondary N) is 2. The normalized spacial score (nSPS) is 21.7. The van der Waals surface area contributed by atoms with E-state index in [0.29, 0.717) is 24.9 Å². The highest BCUT2D eigenvalue weighted by Gasteiger charge is 2.33. The summed E-state index contributed by atoms with van der Waals surface area (Å²) in [4.78, 5) is 32.4. The van der Waals surface area contributed by atoms with Crippen molar-refractivity contribution in [1.29, 1.82) is 0 Å². The molecule has 3 N–H and O–H groups in total. The number of rotatable bonds is 7. The number of carbonyl (C=O) groups excluding carboxylic acids is 2. The lowest BCUT2D eigenvalue weighted by atomic mass is 9.96. The van der Waals surface area contributed by atoms with Gasteiger partial charge in [0.15, 0.2) is 0 Å². The number of benzene rings is 1. The second-order valence-corrected chi connectivity index (χ2v) is 6.68. The first kappa shape index (κ1) is 19.9. The van der Waals surface area contributed by atoms with Gasteiger partial charge in [-0.3, -0.25) is 9.59 Å². The minimum absolute atomic E-state index is 0.146. The predicted octanol–water partition coefficient (Wildman–Crippen LogP) is 0.821. The molecule has 0 bridgehead atoms. The quantitative estimate of drug-likeness (QED) is 0.651. The highest BCUT2D eigenvalue weighted by Crippen LogP contribution is 2.22. The molecule has 0 aliphatic carbocycles. The van der Waals surface area contributed by atoms with Crippen LogP contribution in [0.3, 0.4) is 0 Å². The summed E-state index contributed by atoms with van der Waals surface area (Å²) in [5.74, 6) is -0.347. The number of aliphatic hydroxyl groups is 1. The molecule has 2 amide bonds. The van der Waals surface area contributed by atoms with E-state index in [-0.39, 0.29) is 37.0 Å². The van der Waals surface area contributed by atoms with Crippen molar-refractivity contribution in [3.05, 3.63) is 60.2 Å². The number of amides is 2. The van der Waals surface area contributed by atoms with Crippen molar-refractivity contribution in [3.8, 4) is 0 Å². The highest BCUT2D eigenvalue weighted by atomic mass is 16.5. The smallest absolute Gasteiger partial charge is 0.251 e. The second kappa shape index (κ2) is 9.91. The maximum atomic E-state index is 12.3. The SMILES string of the molecule is O=C(C[C@@H]1CC[C@@H](NC(=O)c2ccccc2)[C@H](CO)O1)NCc1ccncn1. The molecule has 1 aromatic carbocycles. The van der Waals surface area contributed by atoms with Gasteiger partial charge < -0.3 is 20.5 Å². The molecule has 3 rings (SSSR count). The van der Waals surface area contributed by atoms with Crippen LogP contribution >= 0.6 is 0 Å². The summed E-state index contributed by atoms with van der Waals surface area (Å²) < 4.78 is 5.86. The third kappa shape index (κ3) is 5.58. The van der Waals surface area contributed by atoms with E-state index >= 15 is 0 Å². The van der Waals surface area contributed by atoms with Gasteiger partial charge in [0.25, 0.3) is 5.91 Å². The van der Waals surface area contributed by atoms with Crippen LogP contribution in [0.5, 0.6) is 0 Å². The number of nitrogens with zero attached hydrogens (tertiary/aromatic N) is 2. The van der Waals surface area contributed by atoms with Crippen molar-refractivity contribution < 1.29 is 19.4 Å². The van der Waals surface area contributed by atoms with Crippen LogP contribution < -0.4 is 10.6 Å². The monoisotopic (exact) mass is 384 g/mol. The van der Waals surface area contributed by atoms with Gasteiger partial charge in [0.2, 0.25) is 5.91 Å². The Bertz CT molecular complexity index is 772. The molecule has 148 valence electrons. The van der Waals surface area contributed by atoms with Crippen molar-refractivity contribution in [2.75, 3.05) is 6.61 Å².